The first-order valence-electron chi connectivity index (χ1n) is 7.23. The quantitative estimate of drug-likeness (QED) is 0.882. The lowest BCUT2D eigenvalue weighted by Crippen LogP contribution is -2.42. The maximum atomic E-state index is 12.2. The van der Waals surface area contributed by atoms with E-state index in [9.17, 15) is 9.90 Å². The molecule has 3 rings (SSSR count). The van der Waals surface area contributed by atoms with Crippen molar-refractivity contribution in [2.24, 2.45) is 0 Å². The van der Waals surface area contributed by atoms with Crippen LogP contribution >= 0.6 is 0 Å². The SMILES string of the molecule is CC(C)N1CCCC(n2c(=O)[nH]c3ccc(O)cc32)C1. The Morgan fingerprint density at radius 2 is 2.20 bits per heavy atom. The van der Waals surface area contributed by atoms with Gasteiger partial charge in [-0.2, -0.15) is 0 Å². The molecule has 0 bridgehead atoms. The number of imidazole rings is 1. The number of H-pyrrole nitrogens is 1. The van der Waals surface area contributed by atoms with E-state index in [4.69, 9.17) is 0 Å². The Labute approximate surface area is 117 Å². The summed E-state index contributed by atoms with van der Waals surface area (Å²) >= 11 is 0. The molecular formula is C15H21N3O2. The average molecular weight is 275 g/mol. The van der Waals surface area contributed by atoms with Crippen molar-refractivity contribution in [1.82, 2.24) is 14.5 Å². The van der Waals surface area contributed by atoms with Gasteiger partial charge in [-0.3, -0.25) is 9.47 Å². The molecule has 1 atom stereocenters. The topological polar surface area (TPSA) is 61.3 Å². The number of phenols is 1. The molecule has 0 radical (unpaired) electrons. The van der Waals surface area contributed by atoms with Gasteiger partial charge in [-0.1, -0.05) is 0 Å². The van der Waals surface area contributed by atoms with Gasteiger partial charge in [0.15, 0.2) is 0 Å². The fourth-order valence-corrected chi connectivity index (χ4v) is 3.14. The number of phenolic OH excluding ortho intramolecular Hbond substituents is 1. The Morgan fingerprint density at radius 3 is 2.95 bits per heavy atom. The number of hydrogen-bond acceptors (Lipinski definition) is 3. The molecule has 1 aliphatic rings. The third kappa shape index (κ3) is 2.22. The zero-order valence-electron chi connectivity index (χ0n) is 12.0. The predicted molar refractivity (Wildman–Crippen MR) is 79.2 cm³/mol. The molecule has 5 heteroatoms. The maximum Gasteiger partial charge on any atom is 0.326 e. The molecule has 1 fully saturated rings. The molecular weight excluding hydrogens is 254 g/mol. The predicted octanol–water partition coefficient (Wildman–Crippen LogP) is 2.08. The summed E-state index contributed by atoms with van der Waals surface area (Å²) in [7, 11) is 0. The lowest BCUT2D eigenvalue weighted by Gasteiger charge is -2.35. The Hall–Kier alpha value is -1.75. The van der Waals surface area contributed by atoms with Crippen LogP contribution in [0.3, 0.4) is 0 Å². The van der Waals surface area contributed by atoms with Gasteiger partial charge in [0.25, 0.3) is 0 Å². The number of aromatic nitrogens is 2. The number of hydrogen-bond donors (Lipinski definition) is 2. The molecule has 2 aromatic rings. The third-order valence-electron chi connectivity index (χ3n) is 4.22. The summed E-state index contributed by atoms with van der Waals surface area (Å²) in [6.45, 7) is 6.36. The van der Waals surface area contributed by atoms with E-state index in [0.717, 1.165) is 37.0 Å². The fraction of sp³-hybridized carbons (Fsp3) is 0.533. The Morgan fingerprint density at radius 1 is 1.40 bits per heavy atom. The van der Waals surface area contributed by atoms with Gasteiger partial charge in [0.1, 0.15) is 5.75 Å². The maximum absolute atomic E-state index is 12.2. The average Bonchev–Trinajstić information content (AvgIpc) is 2.74. The highest BCUT2D eigenvalue weighted by Crippen LogP contribution is 2.26. The van der Waals surface area contributed by atoms with E-state index in [2.05, 4.69) is 23.7 Å². The number of piperidine rings is 1. The van der Waals surface area contributed by atoms with Gasteiger partial charge < -0.3 is 10.1 Å². The second-order valence-corrected chi connectivity index (χ2v) is 5.89. The van der Waals surface area contributed by atoms with Gasteiger partial charge in [-0.05, 0) is 45.4 Å². The van der Waals surface area contributed by atoms with Crippen LogP contribution in [0.4, 0.5) is 0 Å². The molecule has 1 aromatic carbocycles. The first-order chi connectivity index (χ1) is 9.56. The van der Waals surface area contributed by atoms with Crippen LogP contribution in [-0.4, -0.2) is 38.7 Å². The highest BCUT2D eigenvalue weighted by atomic mass is 16.3. The standard InChI is InChI=1S/C15H21N3O2/c1-10(2)17-7-3-4-11(9-17)18-14-8-12(19)5-6-13(14)16-15(18)20/h5-6,8,10-11,19H,3-4,7,9H2,1-2H3,(H,16,20). The van der Waals surface area contributed by atoms with Crippen LogP contribution in [0.5, 0.6) is 5.75 Å². The van der Waals surface area contributed by atoms with Gasteiger partial charge in [0.2, 0.25) is 0 Å². The minimum atomic E-state index is -0.0822. The van der Waals surface area contributed by atoms with E-state index in [-0.39, 0.29) is 17.5 Å². The van der Waals surface area contributed by atoms with Gasteiger partial charge in [-0.15, -0.1) is 0 Å². The molecule has 1 aromatic heterocycles. The van der Waals surface area contributed by atoms with Gasteiger partial charge >= 0.3 is 5.69 Å². The van der Waals surface area contributed by atoms with E-state index in [1.54, 1.807) is 18.2 Å². The molecule has 5 nitrogen and oxygen atoms in total. The van der Waals surface area contributed by atoms with E-state index >= 15 is 0 Å². The number of nitrogens with zero attached hydrogens (tertiary/aromatic N) is 2. The van der Waals surface area contributed by atoms with Crippen molar-refractivity contribution in [3.63, 3.8) is 0 Å². The number of fused-ring (bicyclic) bond motifs is 1. The van der Waals surface area contributed by atoms with Crippen LogP contribution < -0.4 is 5.69 Å². The van der Waals surface area contributed by atoms with Gasteiger partial charge in [0, 0.05) is 18.7 Å². The van der Waals surface area contributed by atoms with Crippen molar-refractivity contribution in [1.29, 1.82) is 0 Å². The smallest absolute Gasteiger partial charge is 0.326 e. The van der Waals surface area contributed by atoms with Crippen molar-refractivity contribution in [2.75, 3.05) is 13.1 Å². The molecule has 0 spiro atoms. The molecule has 1 saturated heterocycles. The normalized spacial score (nSPS) is 20.9. The van der Waals surface area contributed by atoms with E-state index in [1.165, 1.54) is 0 Å². The molecule has 1 aliphatic heterocycles. The highest BCUT2D eigenvalue weighted by molar-refractivity contribution is 5.77. The van der Waals surface area contributed by atoms with Crippen LogP contribution in [0.15, 0.2) is 23.0 Å². The Balaban J connectivity index is 2.03. The van der Waals surface area contributed by atoms with Crippen molar-refractivity contribution in [2.45, 2.75) is 38.8 Å². The zero-order valence-corrected chi connectivity index (χ0v) is 12.0. The van der Waals surface area contributed by atoms with Crippen molar-refractivity contribution in [3.05, 3.63) is 28.7 Å². The first-order valence-corrected chi connectivity index (χ1v) is 7.23. The van der Waals surface area contributed by atoms with E-state index < -0.39 is 0 Å². The van der Waals surface area contributed by atoms with Gasteiger partial charge in [-0.25, -0.2) is 4.79 Å². The number of rotatable bonds is 2. The third-order valence-corrected chi connectivity index (χ3v) is 4.22. The van der Waals surface area contributed by atoms with Gasteiger partial charge in [0.05, 0.1) is 17.1 Å². The summed E-state index contributed by atoms with van der Waals surface area (Å²) in [6.07, 6.45) is 2.10. The van der Waals surface area contributed by atoms with Crippen LogP contribution in [0, 0.1) is 0 Å². The molecule has 1 unspecified atom stereocenters. The largest absolute Gasteiger partial charge is 0.508 e. The lowest BCUT2D eigenvalue weighted by atomic mass is 10.0. The molecule has 0 saturated carbocycles. The van der Waals surface area contributed by atoms with Crippen LogP contribution in [0.2, 0.25) is 0 Å². The Kier molecular flexibility index (Phi) is 3.30. The van der Waals surface area contributed by atoms with Crippen molar-refractivity contribution >= 4 is 11.0 Å². The summed E-state index contributed by atoms with van der Waals surface area (Å²) in [6, 6.07) is 5.69. The first kappa shape index (κ1) is 13.2. The minimum Gasteiger partial charge on any atom is -0.508 e. The summed E-state index contributed by atoms with van der Waals surface area (Å²) in [5, 5.41) is 9.66. The number of benzene rings is 1. The second-order valence-electron chi connectivity index (χ2n) is 5.89. The molecule has 0 amide bonds. The molecule has 20 heavy (non-hydrogen) atoms. The zero-order chi connectivity index (χ0) is 14.3. The summed E-state index contributed by atoms with van der Waals surface area (Å²) in [5.41, 5.74) is 1.50. The minimum absolute atomic E-state index is 0.0822. The second kappa shape index (κ2) is 4.98. The molecule has 0 aliphatic carbocycles. The number of aromatic hydroxyl groups is 1. The van der Waals surface area contributed by atoms with Crippen molar-refractivity contribution in [3.8, 4) is 5.75 Å². The lowest BCUT2D eigenvalue weighted by molar-refractivity contribution is 0.143. The van der Waals surface area contributed by atoms with Crippen molar-refractivity contribution < 1.29 is 5.11 Å². The number of aromatic amines is 1. The number of likely N-dealkylation sites (tertiary alicyclic amines) is 1. The van der Waals surface area contributed by atoms with Crippen LogP contribution in [0.1, 0.15) is 32.7 Å². The number of nitrogens with one attached hydrogen (secondary N) is 1. The monoisotopic (exact) mass is 275 g/mol. The Bertz CT molecular complexity index is 671. The van der Waals surface area contributed by atoms with Crippen LogP contribution in [-0.2, 0) is 0 Å². The summed E-state index contributed by atoms with van der Waals surface area (Å²) in [5.74, 6) is 0.196. The summed E-state index contributed by atoms with van der Waals surface area (Å²) in [4.78, 5) is 17.5. The van der Waals surface area contributed by atoms with E-state index in [1.807, 2.05) is 4.57 Å². The molecule has 2 N–H and O–H groups in total. The fourth-order valence-electron chi connectivity index (χ4n) is 3.14. The van der Waals surface area contributed by atoms with Crippen LogP contribution in [0.25, 0.3) is 11.0 Å². The summed E-state index contributed by atoms with van der Waals surface area (Å²) < 4.78 is 1.81. The van der Waals surface area contributed by atoms with E-state index in [0.29, 0.717) is 6.04 Å². The highest BCUT2D eigenvalue weighted by Gasteiger charge is 2.25. The molecule has 108 valence electrons. The molecule has 2 heterocycles.